The Bertz CT molecular complexity index is 1210. The van der Waals surface area contributed by atoms with Gasteiger partial charge in [0.2, 0.25) is 5.91 Å². The van der Waals surface area contributed by atoms with Gasteiger partial charge >= 0.3 is 0 Å². The summed E-state index contributed by atoms with van der Waals surface area (Å²) in [4.78, 5) is 30.4. The number of methoxy groups -OCH3 is 2. The molecule has 0 aliphatic carbocycles. The third-order valence-electron chi connectivity index (χ3n) is 6.61. The number of morpholine rings is 1. The number of pyridine rings is 1. The van der Waals surface area contributed by atoms with Crippen LogP contribution in [0, 0.1) is 0 Å². The summed E-state index contributed by atoms with van der Waals surface area (Å²) in [5, 5.41) is 4.30. The minimum Gasteiger partial charge on any atom is -0.493 e. The van der Waals surface area contributed by atoms with Crippen molar-refractivity contribution in [2.45, 2.75) is 19.3 Å². The maximum atomic E-state index is 11.9. The van der Waals surface area contributed by atoms with Gasteiger partial charge in [-0.15, -0.1) is 0 Å². The van der Waals surface area contributed by atoms with Crippen LogP contribution in [0.15, 0.2) is 30.5 Å². The number of hydrogen-bond acceptors (Lipinski definition) is 9. The number of ether oxygens (including phenoxy) is 3. The molecule has 0 radical (unpaired) electrons. The van der Waals surface area contributed by atoms with Crippen molar-refractivity contribution in [3.63, 3.8) is 0 Å². The van der Waals surface area contributed by atoms with Crippen LogP contribution in [-0.4, -0.2) is 85.9 Å². The van der Waals surface area contributed by atoms with Crippen LogP contribution in [0.2, 0.25) is 0 Å². The number of rotatable bonds is 9. The summed E-state index contributed by atoms with van der Waals surface area (Å²) in [5.74, 6) is 3.67. The fourth-order valence-corrected chi connectivity index (χ4v) is 4.63. The summed E-state index contributed by atoms with van der Waals surface area (Å²) in [7, 11) is 3.22. The van der Waals surface area contributed by atoms with Crippen molar-refractivity contribution in [3.8, 4) is 22.9 Å². The highest BCUT2D eigenvalue weighted by Crippen LogP contribution is 2.35. The molecular formula is C26H32N6O4. The molecule has 10 nitrogen and oxygen atoms in total. The fourth-order valence-electron chi connectivity index (χ4n) is 4.63. The lowest BCUT2D eigenvalue weighted by atomic mass is 10.1. The number of hydrogen-bond donors (Lipinski definition) is 1. The van der Waals surface area contributed by atoms with Crippen molar-refractivity contribution in [2.75, 3.05) is 70.4 Å². The molecule has 3 aromatic rings. The zero-order chi connectivity index (χ0) is 24.9. The first kappa shape index (κ1) is 24.1. The normalized spacial score (nSPS) is 16.0. The smallest absolute Gasteiger partial charge is 0.222 e. The van der Waals surface area contributed by atoms with Crippen LogP contribution in [0.3, 0.4) is 0 Å². The van der Waals surface area contributed by atoms with Gasteiger partial charge in [0, 0.05) is 62.4 Å². The zero-order valence-electron chi connectivity index (χ0n) is 20.8. The molecule has 1 N–H and O–H groups in total. The molecule has 0 bridgehead atoms. The van der Waals surface area contributed by atoms with Crippen molar-refractivity contribution in [3.05, 3.63) is 30.5 Å². The summed E-state index contributed by atoms with van der Waals surface area (Å²) >= 11 is 0. The van der Waals surface area contributed by atoms with Crippen LogP contribution >= 0.6 is 0 Å². The summed E-state index contributed by atoms with van der Waals surface area (Å²) in [6.45, 7) is 5.36. The molecule has 5 rings (SSSR count). The lowest BCUT2D eigenvalue weighted by Crippen LogP contribution is -2.36. The monoisotopic (exact) mass is 492 g/mol. The van der Waals surface area contributed by atoms with Crippen molar-refractivity contribution in [2.24, 2.45) is 0 Å². The predicted octanol–water partition coefficient (Wildman–Crippen LogP) is 2.97. The van der Waals surface area contributed by atoms with Crippen LogP contribution in [0.4, 0.5) is 11.6 Å². The van der Waals surface area contributed by atoms with E-state index in [0.717, 1.165) is 61.3 Å². The van der Waals surface area contributed by atoms with E-state index in [1.54, 1.807) is 14.2 Å². The molecule has 36 heavy (non-hydrogen) atoms. The molecule has 2 aromatic heterocycles. The Morgan fingerprint density at radius 1 is 1.06 bits per heavy atom. The molecule has 10 heteroatoms. The Morgan fingerprint density at radius 2 is 1.86 bits per heavy atom. The van der Waals surface area contributed by atoms with E-state index in [4.69, 9.17) is 24.2 Å². The number of nitrogens with zero attached hydrogens (tertiary/aromatic N) is 5. The summed E-state index contributed by atoms with van der Waals surface area (Å²) in [6, 6.07) is 7.76. The fraction of sp³-hybridized carbons (Fsp3) is 0.462. The Kier molecular flexibility index (Phi) is 7.31. The van der Waals surface area contributed by atoms with E-state index in [0.29, 0.717) is 49.3 Å². The van der Waals surface area contributed by atoms with Gasteiger partial charge in [0.25, 0.3) is 0 Å². The van der Waals surface area contributed by atoms with E-state index in [-0.39, 0.29) is 5.91 Å². The molecule has 0 atom stereocenters. The summed E-state index contributed by atoms with van der Waals surface area (Å²) in [5.41, 5.74) is 1.57. The van der Waals surface area contributed by atoms with Crippen molar-refractivity contribution >= 4 is 28.4 Å². The molecule has 4 heterocycles. The molecule has 2 fully saturated rings. The zero-order valence-corrected chi connectivity index (χ0v) is 20.8. The number of aromatic nitrogens is 3. The van der Waals surface area contributed by atoms with E-state index in [1.165, 1.54) is 0 Å². The minimum atomic E-state index is 0.245. The number of likely N-dealkylation sites (tertiary alicyclic amines) is 1. The second-order valence-corrected chi connectivity index (χ2v) is 8.89. The van der Waals surface area contributed by atoms with Gasteiger partial charge in [-0.05, 0) is 31.0 Å². The standard InChI is InChI=1S/C26H32N6O4/c1-34-21-15-19-20(16-22(21)35-2)29-25(18-6-7-23(28-17-18)31-11-13-36-14-12-31)30-26(19)27-8-4-10-32-9-3-5-24(32)33/h6-7,15-17H,3-5,8-14H2,1-2H3,(H,27,29,30). The number of fused-ring (bicyclic) bond motifs is 1. The van der Waals surface area contributed by atoms with E-state index in [2.05, 4.69) is 15.2 Å². The number of benzene rings is 1. The molecule has 0 saturated carbocycles. The maximum absolute atomic E-state index is 11.9. The number of carbonyl (C=O) groups is 1. The molecule has 1 aromatic carbocycles. The molecule has 2 aliphatic heterocycles. The molecule has 2 aliphatic rings. The first-order chi connectivity index (χ1) is 17.7. The van der Waals surface area contributed by atoms with Gasteiger partial charge in [-0.25, -0.2) is 15.0 Å². The van der Waals surface area contributed by atoms with Gasteiger partial charge < -0.3 is 29.3 Å². The molecule has 0 spiro atoms. The quantitative estimate of drug-likeness (QED) is 0.452. The van der Waals surface area contributed by atoms with E-state index in [9.17, 15) is 4.79 Å². The van der Waals surface area contributed by atoms with Gasteiger partial charge in [0.15, 0.2) is 17.3 Å². The van der Waals surface area contributed by atoms with E-state index < -0.39 is 0 Å². The highest BCUT2D eigenvalue weighted by molar-refractivity contribution is 5.93. The van der Waals surface area contributed by atoms with Crippen molar-refractivity contribution in [1.29, 1.82) is 0 Å². The third kappa shape index (κ3) is 5.13. The molecular weight excluding hydrogens is 460 g/mol. The maximum Gasteiger partial charge on any atom is 0.222 e. The molecule has 2 saturated heterocycles. The topological polar surface area (TPSA) is 102 Å². The highest BCUT2D eigenvalue weighted by atomic mass is 16.5. The average Bonchev–Trinajstić information content (AvgIpc) is 3.34. The van der Waals surface area contributed by atoms with Crippen molar-refractivity contribution < 1.29 is 19.0 Å². The lowest BCUT2D eigenvalue weighted by molar-refractivity contribution is -0.127. The molecule has 0 unspecified atom stereocenters. The molecule has 1 amide bonds. The average molecular weight is 493 g/mol. The van der Waals surface area contributed by atoms with E-state index >= 15 is 0 Å². The summed E-state index contributed by atoms with van der Waals surface area (Å²) < 4.78 is 16.5. The van der Waals surface area contributed by atoms with Crippen LogP contribution in [0.5, 0.6) is 11.5 Å². The van der Waals surface area contributed by atoms with Crippen LogP contribution < -0.4 is 19.7 Å². The molecule has 190 valence electrons. The first-order valence-electron chi connectivity index (χ1n) is 12.4. The number of amides is 1. The first-order valence-corrected chi connectivity index (χ1v) is 12.4. The van der Waals surface area contributed by atoms with Gasteiger partial charge in [-0.1, -0.05) is 0 Å². The Balaban J connectivity index is 1.42. The highest BCUT2D eigenvalue weighted by Gasteiger charge is 2.20. The Labute approximate surface area is 210 Å². The van der Waals surface area contributed by atoms with Crippen LogP contribution in [0.25, 0.3) is 22.3 Å². The second-order valence-electron chi connectivity index (χ2n) is 8.89. The largest absolute Gasteiger partial charge is 0.493 e. The predicted molar refractivity (Wildman–Crippen MR) is 138 cm³/mol. The van der Waals surface area contributed by atoms with Crippen molar-refractivity contribution in [1.82, 2.24) is 19.9 Å². The van der Waals surface area contributed by atoms with Crippen LogP contribution in [0.1, 0.15) is 19.3 Å². The Morgan fingerprint density at radius 3 is 2.56 bits per heavy atom. The van der Waals surface area contributed by atoms with Gasteiger partial charge in [0.1, 0.15) is 11.6 Å². The minimum absolute atomic E-state index is 0.245. The van der Waals surface area contributed by atoms with Crippen LogP contribution in [-0.2, 0) is 9.53 Å². The van der Waals surface area contributed by atoms with Gasteiger partial charge in [-0.3, -0.25) is 4.79 Å². The number of anilines is 2. The second kappa shape index (κ2) is 10.9. The lowest BCUT2D eigenvalue weighted by Gasteiger charge is -2.27. The van der Waals surface area contributed by atoms with E-state index in [1.807, 2.05) is 35.4 Å². The van der Waals surface area contributed by atoms with Gasteiger partial charge in [0.05, 0.1) is 33.0 Å². The number of carbonyl (C=O) groups excluding carboxylic acids is 1. The Hall–Kier alpha value is -3.66. The third-order valence-corrected chi connectivity index (χ3v) is 6.61. The van der Waals surface area contributed by atoms with Gasteiger partial charge in [-0.2, -0.15) is 0 Å². The number of nitrogens with one attached hydrogen (secondary N) is 1. The SMILES string of the molecule is COc1cc2nc(-c3ccc(N4CCOCC4)nc3)nc(NCCCN3CCCC3=O)c2cc1OC. The summed E-state index contributed by atoms with van der Waals surface area (Å²) in [6.07, 6.45) is 4.25.